The molecule has 0 bridgehead atoms. The molecule has 0 aromatic heterocycles. The monoisotopic (exact) mass is 391 g/mol. The number of aliphatic carboxylic acids is 1. The average molecular weight is 391 g/mol. The van der Waals surface area contributed by atoms with Crippen molar-refractivity contribution in [1.82, 2.24) is 5.32 Å². The second-order valence-electron chi connectivity index (χ2n) is 7.63. The molecule has 4 rings (SSSR count). The lowest BCUT2D eigenvalue weighted by atomic mass is 9.77. The van der Waals surface area contributed by atoms with E-state index in [0.717, 1.165) is 18.2 Å². The van der Waals surface area contributed by atoms with E-state index in [1.165, 1.54) is 0 Å². The quantitative estimate of drug-likeness (QED) is 0.339. The number of carboxylic acids is 2. The van der Waals surface area contributed by atoms with Gasteiger partial charge >= 0.3 is 17.8 Å². The van der Waals surface area contributed by atoms with Crippen LogP contribution in [0.15, 0.2) is 18.2 Å². The normalized spacial score (nSPS) is 35.6. The first kappa shape index (κ1) is 18.4. The number of aliphatic hydroxyl groups excluding tert-OH is 1. The standard InChI is InChI=1S/C18H18N2O8/c21-8-1-3-10(15(24)25)11(5-8)14(23)19-13-7-20(13)17(28)18(20)6-9(22)2-4-12(18)16(26)27/h1,3,5,9,12-13,22H,2,4,6-7H2,(H3-,19,21,23,24,25,26,27)/p+1. The highest BCUT2D eigenvalue weighted by Gasteiger charge is 2.96. The number of rotatable bonds is 4. The number of hydrogen-bond donors (Lipinski definition) is 5. The number of fused-ring (bicyclic) bond motifs is 1. The van der Waals surface area contributed by atoms with E-state index < -0.39 is 41.6 Å². The van der Waals surface area contributed by atoms with E-state index in [4.69, 9.17) is 0 Å². The number of phenols is 1. The number of carbonyl (C=O) groups excluding carboxylic acids is 2. The zero-order chi connectivity index (χ0) is 20.4. The molecule has 10 heteroatoms. The topological polar surface area (TPSA) is 161 Å². The van der Waals surface area contributed by atoms with Crippen LogP contribution in [0.3, 0.4) is 0 Å². The van der Waals surface area contributed by atoms with Gasteiger partial charge in [-0.1, -0.05) is 0 Å². The molecule has 5 atom stereocenters. The zero-order valence-corrected chi connectivity index (χ0v) is 14.7. The molecule has 2 aliphatic heterocycles. The fourth-order valence-electron chi connectivity index (χ4n) is 4.85. The largest absolute Gasteiger partial charge is 0.508 e. The van der Waals surface area contributed by atoms with Gasteiger partial charge in [-0.25, -0.2) is 14.1 Å². The smallest absolute Gasteiger partial charge is 0.379 e. The molecular formula is C18H19N2O8+. The Morgan fingerprint density at radius 3 is 2.50 bits per heavy atom. The van der Waals surface area contributed by atoms with Crippen molar-refractivity contribution in [2.24, 2.45) is 5.92 Å². The van der Waals surface area contributed by atoms with Crippen LogP contribution in [0.25, 0.3) is 0 Å². The average Bonchev–Trinajstić information content (AvgIpc) is 3.45. The van der Waals surface area contributed by atoms with Crippen LogP contribution in [0.5, 0.6) is 5.75 Å². The van der Waals surface area contributed by atoms with Crippen molar-refractivity contribution in [2.75, 3.05) is 6.54 Å². The van der Waals surface area contributed by atoms with Gasteiger partial charge in [0.15, 0.2) is 6.54 Å². The Kier molecular flexibility index (Phi) is 3.78. The van der Waals surface area contributed by atoms with Crippen LogP contribution in [0.1, 0.15) is 40.0 Å². The summed E-state index contributed by atoms with van der Waals surface area (Å²) in [6.07, 6.45) is -0.955. The van der Waals surface area contributed by atoms with Crippen molar-refractivity contribution in [3.05, 3.63) is 29.3 Å². The van der Waals surface area contributed by atoms with E-state index in [9.17, 15) is 39.6 Å². The molecule has 148 valence electrons. The molecule has 1 saturated carbocycles. The minimum Gasteiger partial charge on any atom is -0.508 e. The highest BCUT2D eigenvalue weighted by molar-refractivity contribution is 6.06. The van der Waals surface area contributed by atoms with Gasteiger partial charge in [0.1, 0.15) is 11.7 Å². The maximum Gasteiger partial charge on any atom is 0.379 e. The Morgan fingerprint density at radius 1 is 1.14 bits per heavy atom. The minimum absolute atomic E-state index is 0.0294. The lowest BCUT2D eigenvalue weighted by Gasteiger charge is -2.27. The highest BCUT2D eigenvalue weighted by Crippen LogP contribution is 2.64. The Labute approximate surface area is 158 Å². The molecule has 3 aliphatic rings. The maximum absolute atomic E-state index is 12.7. The lowest BCUT2D eigenvalue weighted by molar-refractivity contribution is -0.677. The number of nitrogens with one attached hydrogen (secondary N) is 1. The first-order valence-corrected chi connectivity index (χ1v) is 8.86. The Morgan fingerprint density at radius 2 is 1.86 bits per heavy atom. The summed E-state index contributed by atoms with van der Waals surface area (Å²) in [4.78, 5) is 48.3. The number of quaternary nitrogens is 1. The van der Waals surface area contributed by atoms with Crippen molar-refractivity contribution < 1.29 is 44.1 Å². The summed E-state index contributed by atoms with van der Waals surface area (Å²) in [5.41, 5.74) is -1.79. The second kappa shape index (κ2) is 5.76. The fourth-order valence-corrected chi connectivity index (χ4v) is 4.85. The lowest BCUT2D eigenvalue weighted by Crippen LogP contribution is -2.45. The van der Waals surface area contributed by atoms with Crippen LogP contribution < -0.4 is 5.32 Å². The Bertz CT molecular complexity index is 930. The zero-order valence-electron chi connectivity index (χ0n) is 14.7. The number of phenolic OH excluding ortho intramolecular Hbond substituents is 1. The van der Waals surface area contributed by atoms with Gasteiger partial charge in [0, 0.05) is 6.42 Å². The third-order valence-corrected chi connectivity index (χ3v) is 6.24. The minimum atomic E-state index is -1.34. The molecular weight excluding hydrogens is 372 g/mol. The van der Waals surface area contributed by atoms with E-state index >= 15 is 0 Å². The van der Waals surface area contributed by atoms with Gasteiger partial charge in [0.2, 0.25) is 11.7 Å². The van der Waals surface area contributed by atoms with Gasteiger partial charge in [-0.05, 0) is 31.0 Å². The van der Waals surface area contributed by atoms with E-state index in [2.05, 4.69) is 5.32 Å². The first-order chi connectivity index (χ1) is 13.1. The van der Waals surface area contributed by atoms with Crippen LogP contribution in [0, 0.1) is 5.92 Å². The molecule has 2 amide bonds. The van der Waals surface area contributed by atoms with Crippen LogP contribution in [0.4, 0.5) is 0 Å². The number of carboxylic acid groups (broad SMARTS) is 2. The van der Waals surface area contributed by atoms with Crippen molar-refractivity contribution >= 4 is 23.8 Å². The van der Waals surface area contributed by atoms with Gasteiger partial charge in [-0.15, -0.1) is 0 Å². The number of hydrogen-bond acceptors (Lipinski definition) is 6. The predicted molar refractivity (Wildman–Crippen MR) is 90.2 cm³/mol. The highest BCUT2D eigenvalue weighted by atomic mass is 16.4. The van der Waals surface area contributed by atoms with Gasteiger partial charge < -0.3 is 20.4 Å². The van der Waals surface area contributed by atoms with E-state index in [1.807, 2.05) is 0 Å². The van der Waals surface area contributed by atoms with Crippen LogP contribution in [-0.4, -0.2) is 73.0 Å². The van der Waals surface area contributed by atoms with E-state index in [0.29, 0.717) is 6.42 Å². The number of aromatic hydroxyl groups is 1. The number of aromatic carboxylic acids is 1. The summed E-state index contributed by atoms with van der Waals surface area (Å²) in [5.74, 6) is -4.75. The van der Waals surface area contributed by atoms with Gasteiger partial charge in [0.05, 0.1) is 17.2 Å². The number of benzene rings is 1. The van der Waals surface area contributed by atoms with Crippen LogP contribution in [0.2, 0.25) is 0 Å². The summed E-state index contributed by atoms with van der Waals surface area (Å²) in [5, 5.41) is 40.9. The van der Waals surface area contributed by atoms with E-state index in [-0.39, 0.29) is 46.7 Å². The number of aliphatic hydroxyl groups is 1. The molecule has 28 heavy (non-hydrogen) atoms. The number of carbonyl (C=O) groups is 4. The molecule has 1 aliphatic carbocycles. The fraction of sp³-hybridized carbons (Fsp3) is 0.444. The van der Waals surface area contributed by atoms with Crippen LogP contribution in [-0.2, 0) is 9.59 Å². The molecule has 5 N–H and O–H groups in total. The van der Waals surface area contributed by atoms with Crippen molar-refractivity contribution in [2.45, 2.75) is 37.1 Å². The summed E-state index contributed by atoms with van der Waals surface area (Å²) in [7, 11) is 0. The summed E-state index contributed by atoms with van der Waals surface area (Å²) in [6, 6.07) is 3.27. The first-order valence-electron chi connectivity index (χ1n) is 8.86. The SMILES string of the molecule is O=C(O)c1ccc(O)cc1C(=O)NC1C[N+]12C(=O)C21CC(O)CCC1C(=O)O. The molecule has 2 saturated heterocycles. The molecule has 5 unspecified atom stereocenters. The second-order valence-corrected chi connectivity index (χ2v) is 7.63. The summed E-state index contributed by atoms with van der Waals surface area (Å²) < 4.78 is -0.228. The third kappa shape index (κ3) is 2.28. The van der Waals surface area contributed by atoms with Crippen molar-refractivity contribution in [3.63, 3.8) is 0 Å². The van der Waals surface area contributed by atoms with Crippen LogP contribution >= 0.6 is 0 Å². The number of amides is 2. The molecule has 2 heterocycles. The number of nitrogens with zero attached hydrogens (tertiary/aromatic N) is 1. The van der Waals surface area contributed by atoms with Gasteiger partial charge in [-0.3, -0.25) is 14.9 Å². The van der Waals surface area contributed by atoms with E-state index in [1.54, 1.807) is 0 Å². The summed E-state index contributed by atoms with van der Waals surface area (Å²) >= 11 is 0. The molecule has 2 spiro atoms. The van der Waals surface area contributed by atoms with Crippen molar-refractivity contribution in [3.8, 4) is 5.75 Å². The van der Waals surface area contributed by atoms with Gasteiger partial charge in [0.25, 0.3) is 5.91 Å². The molecule has 0 radical (unpaired) electrons. The molecule has 10 nitrogen and oxygen atoms in total. The van der Waals surface area contributed by atoms with Crippen molar-refractivity contribution in [1.29, 1.82) is 0 Å². The Balaban J connectivity index is 1.58. The summed E-state index contributed by atoms with van der Waals surface area (Å²) in [6.45, 7) is 0.197. The Hall–Kier alpha value is -2.98. The molecule has 3 fully saturated rings. The molecule has 1 aromatic rings. The molecule has 1 aromatic carbocycles. The van der Waals surface area contributed by atoms with Gasteiger partial charge in [-0.2, -0.15) is 0 Å². The third-order valence-electron chi connectivity index (χ3n) is 6.24. The predicted octanol–water partition coefficient (Wildman–Crippen LogP) is -0.499. The maximum atomic E-state index is 12.7.